The van der Waals surface area contributed by atoms with Gasteiger partial charge in [-0.3, -0.25) is 0 Å². The number of halogens is 1. The fourth-order valence-electron chi connectivity index (χ4n) is 3.73. The average Bonchev–Trinajstić information content (AvgIpc) is 3.20. The van der Waals surface area contributed by atoms with Gasteiger partial charge in [0.2, 0.25) is 0 Å². The summed E-state index contributed by atoms with van der Waals surface area (Å²) >= 11 is 5.28. The van der Waals surface area contributed by atoms with E-state index < -0.39 is 0 Å². The van der Waals surface area contributed by atoms with Gasteiger partial charge in [-0.25, -0.2) is 9.97 Å². The normalized spacial score (nSPS) is 11.1. The van der Waals surface area contributed by atoms with Crippen LogP contribution < -0.4 is 10.1 Å². The number of anilines is 2. The largest absolute Gasteiger partial charge is 0.494 e. The summed E-state index contributed by atoms with van der Waals surface area (Å²) in [5, 5.41) is 4.58. The van der Waals surface area contributed by atoms with Gasteiger partial charge < -0.3 is 10.1 Å². The Morgan fingerprint density at radius 1 is 0.938 bits per heavy atom. The maximum atomic E-state index is 5.88. The second kappa shape index (κ2) is 10.9. The number of ether oxygens (including phenoxy) is 1. The Bertz CT molecular complexity index is 1160. The third-order valence-electron chi connectivity index (χ3n) is 5.40. The minimum absolute atomic E-state index is 0.768. The molecule has 0 radical (unpaired) electrons. The van der Waals surface area contributed by atoms with Gasteiger partial charge in [-0.05, 0) is 54.8 Å². The van der Waals surface area contributed by atoms with Crippen molar-refractivity contribution < 1.29 is 4.74 Å². The molecule has 0 saturated carbocycles. The molecule has 0 atom stereocenters. The molecule has 32 heavy (non-hydrogen) atoms. The van der Waals surface area contributed by atoms with Gasteiger partial charge in [-0.1, -0.05) is 61.2 Å². The van der Waals surface area contributed by atoms with Gasteiger partial charge >= 0.3 is 0 Å². The highest BCUT2D eigenvalue weighted by molar-refractivity contribution is 9.10. The minimum atomic E-state index is 0.768. The Morgan fingerprint density at radius 3 is 2.44 bits per heavy atom. The molecule has 0 bridgehead atoms. The SMILES string of the molecule is CCCCCCOc1ccc(Nc2ncnc3sc(CC)c(-c4ccc(Br)cc4)c23)cc1. The molecule has 0 saturated heterocycles. The van der Waals surface area contributed by atoms with Crippen molar-refractivity contribution in [1.29, 1.82) is 0 Å². The molecule has 0 aliphatic carbocycles. The maximum Gasteiger partial charge on any atom is 0.143 e. The molecular formula is C26H28BrN3OS. The lowest BCUT2D eigenvalue weighted by molar-refractivity contribution is 0.305. The van der Waals surface area contributed by atoms with Crippen LogP contribution in [0.4, 0.5) is 11.5 Å². The van der Waals surface area contributed by atoms with Crippen molar-refractivity contribution in [2.75, 3.05) is 11.9 Å². The molecule has 1 N–H and O–H groups in total. The van der Waals surface area contributed by atoms with E-state index in [1.807, 2.05) is 24.3 Å². The Morgan fingerprint density at radius 2 is 1.72 bits per heavy atom. The number of nitrogens with zero attached hydrogens (tertiary/aromatic N) is 2. The minimum Gasteiger partial charge on any atom is -0.494 e. The zero-order chi connectivity index (χ0) is 22.3. The summed E-state index contributed by atoms with van der Waals surface area (Å²) in [5.74, 6) is 1.73. The quantitative estimate of drug-likeness (QED) is 0.218. The summed E-state index contributed by atoms with van der Waals surface area (Å²) in [6.07, 6.45) is 7.43. The number of aromatic nitrogens is 2. The van der Waals surface area contributed by atoms with Crippen LogP contribution in [0.1, 0.15) is 44.4 Å². The third-order valence-corrected chi connectivity index (χ3v) is 7.17. The smallest absolute Gasteiger partial charge is 0.143 e. The molecular weight excluding hydrogens is 482 g/mol. The second-order valence-corrected chi connectivity index (χ2v) is 9.72. The molecule has 0 amide bonds. The number of nitrogens with one attached hydrogen (secondary N) is 1. The van der Waals surface area contributed by atoms with Crippen molar-refractivity contribution in [3.63, 3.8) is 0 Å². The van der Waals surface area contributed by atoms with Gasteiger partial charge in [0, 0.05) is 20.6 Å². The molecule has 2 aromatic carbocycles. The van der Waals surface area contributed by atoms with E-state index in [2.05, 4.69) is 69.3 Å². The van der Waals surface area contributed by atoms with Crippen molar-refractivity contribution in [3.05, 3.63) is 64.2 Å². The number of hydrogen-bond acceptors (Lipinski definition) is 5. The van der Waals surface area contributed by atoms with Crippen molar-refractivity contribution in [2.24, 2.45) is 0 Å². The summed E-state index contributed by atoms with van der Waals surface area (Å²) in [5.41, 5.74) is 3.38. The summed E-state index contributed by atoms with van der Waals surface area (Å²) in [7, 11) is 0. The molecule has 6 heteroatoms. The lowest BCUT2D eigenvalue weighted by Crippen LogP contribution is -1.98. The first-order valence-electron chi connectivity index (χ1n) is 11.2. The number of thiophene rings is 1. The molecule has 166 valence electrons. The van der Waals surface area contributed by atoms with Crippen LogP contribution in [0, 0.1) is 0 Å². The molecule has 0 aliphatic heterocycles. The second-order valence-electron chi connectivity index (χ2n) is 7.72. The Hall–Kier alpha value is -2.44. The molecule has 4 aromatic rings. The maximum absolute atomic E-state index is 5.88. The molecule has 0 spiro atoms. The van der Waals surface area contributed by atoms with Crippen molar-refractivity contribution in [2.45, 2.75) is 46.0 Å². The van der Waals surface area contributed by atoms with Crippen LogP contribution in [0.25, 0.3) is 21.3 Å². The highest BCUT2D eigenvalue weighted by Crippen LogP contribution is 2.42. The lowest BCUT2D eigenvalue weighted by atomic mass is 10.0. The van der Waals surface area contributed by atoms with Gasteiger partial charge in [0.15, 0.2) is 0 Å². The Labute approximate surface area is 202 Å². The number of unbranched alkanes of at least 4 members (excludes halogenated alkanes) is 3. The molecule has 2 heterocycles. The highest BCUT2D eigenvalue weighted by Gasteiger charge is 2.18. The molecule has 0 aliphatic rings. The van der Waals surface area contributed by atoms with Gasteiger partial charge in [-0.15, -0.1) is 11.3 Å². The van der Waals surface area contributed by atoms with Gasteiger partial charge in [0.25, 0.3) is 0 Å². The zero-order valence-electron chi connectivity index (χ0n) is 18.5. The number of hydrogen-bond donors (Lipinski definition) is 1. The molecule has 0 unspecified atom stereocenters. The van der Waals surface area contributed by atoms with Crippen LogP contribution in [-0.2, 0) is 6.42 Å². The highest BCUT2D eigenvalue weighted by atomic mass is 79.9. The molecule has 0 fully saturated rings. The van der Waals surface area contributed by atoms with Crippen LogP contribution in [0.5, 0.6) is 5.75 Å². The summed E-state index contributed by atoms with van der Waals surface area (Å²) in [4.78, 5) is 11.5. The lowest BCUT2D eigenvalue weighted by Gasteiger charge is -2.11. The van der Waals surface area contributed by atoms with Crippen molar-refractivity contribution >= 4 is 49.0 Å². The van der Waals surface area contributed by atoms with E-state index in [0.29, 0.717) is 0 Å². The van der Waals surface area contributed by atoms with Crippen LogP contribution >= 0.6 is 27.3 Å². The van der Waals surface area contributed by atoms with Crippen LogP contribution in [0.2, 0.25) is 0 Å². The van der Waals surface area contributed by atoms with Crippen LogP contribution in [-0.4, -0.2) is 16.6 Å². The Kier molecular flexibility index (Phi) is 7.76. The first-order valence-corrected chi connectivity index (χ1v) is 12.8. The first kappa shape index (κ1) is 22.7. The summed E-state index contributed by atoms with van der Waals surface area (Å²) < 4.78 is 6.95. The fourth-order valence-corrected chi connectivity index (χ4v) is 5.10. The van der Waals surface area contributed by atoms with Crippen LogP contribution in [0.15, 0.2) is 59.3 Å². The fraction of sp³-hybridized carbons (Fsp3) is 0.308. The van der Waals surface area contributed by atoms with Gasteiger partial charge in [0.1, 0.15) is 22.7 Å². The van der Waals surface area contributed by atoms with Crippen molar-refractivity contribution in [3.8, 4) is 16.9 Å². The van der Waals surface area contributed by atoms with E-state index >= 15 is 0 Å². The molecule has 4 rings (SSSR count). The number of rotatable bonds is 10. The van der Waals surface area contributed by atoms with E-state index in [1.54, 1.807) is 17.7 Å². The summed E-state index contributed by atoms with van der Waals surface area (Å²) in [6, 6.07) is 16.6. The predicted molar refractivity (Wildman–Crippen MR) is 139 cm³/mol. The Balaban J connectivity index is 1.58. The molecule has 2 aromatic heterocycles. The number of aryl methyl sites for hydroxylation is 1. The average molecular weight is 511 g/mol. The number of benzene rings is 2. The van der Waals surface area contributed by atoms with E-state index in [9.17, 15) is 0 Å². The topological polar surface area (TPSA) is 47.0 Å². The molecule has 4 nitrogen and oxygen atoms in total. The standard InChI is InChI=1S/C26H28BrN3OS/c1-3-5-6-7-16-31-21-14-12-20(13-15-21)30-25-24-23(18-8-10-19(27)11-9-18)22(4-2)32-26(24)29-17-28-25/h8-15,17H,3-7,16H2,1-2H3,(H,28,29,30). The zero-order valence-corrected chi connectivity index (χ0v) is 20.9. The van der Waals surface area contributed by atoms with E-state index in [0.717, 1.165) is 51.4 Å². The predicted octanol–water partition coefficient (Wildman–Crippen LogP) is 8.39. The van der Waals surface area contributed by atoms with Gasteiger partial charge in [-0.2, -0.15) is 0 Å². The van der Waals surface area contributed by atoms with E-state index in [1.165, 1.54) is 35.3 Å². The summed E-state index contributed by atoms with van der Waals surface area (Å²) in [6.45, 7) is 5.18. The monoisotopic (exact) mass is 509 g/mol. The van der Waals surface area contributed by atoms with Gasteiger partial charge in [0.05, 0.1) is 12.0 Å². The van der Waals surface area contributed by atoms with Crippen molar-refractivity contribution in [1.82, 2.24) is 9.97 Å². The van der Waals surface area contributed by atoms with Crippen LogP contribution in [0.3, 0.4) is 0 Å². The van der Waals surface area contributed by atoms with E-state index in [-0.39, 0.29) is 0 Å². The number of fused-ring (bicyclic) bond motifs is 1. The third kappa shape index (κ3) is 5.30. The van der Waals surface area contributed by atoms with E-state index in [4.69, 9.17) is 4.74 Å². The first-order chi connectivity index (χ1) is 15.7.